The van der Waals surface area contributed by atoms with E-state index in [0.717, 1.165) is 61.5 Å². The summed E-state index contributed by atoms with van der Waals surface area (Å²) in [5, 5.41) is 15.1. The van der Waals surface area contributed by atoms with Crippen LogP contribution in [-0.2, 0) is 9.53 Å². The Bertz CT molecular complexity index is 999. The lowest BCUT2D eigenvalue weighted by molar-refractivity contribution is -0.114. The minimum absolute atomic E-state index is 0.0710. The molecule has 2 aromatic rings. The van der Waals surface area contributed by atoms with E-state index < -0.39 is 6.50 Å². The molecule has 7 heteroatoms. The van der Waals surface area contributed by atoms with Gasteiger partial charge in [0.15, 0.2) is 0 Å². The maximum absolute atomic E-state index is 11.3. The van der Waals surface area contributed by atoms with Gasteiger partial charge in [0.25, 0.3) is 0 Å². The lowest BCUT2D eigenvalue weighted by Crippen LogP contribution is -2.32. The lowest BCUT2D eigenvalue weighted by atomic mass is 10.00. The van der Waals surface area contributed by atoms with Gasteiger partial charge in [-0.25, -0.2) is 0 Å². The van der Waals surface area contributed by atoms with E-state index in [2.05, 4.69) is 25.7 Å². The Kier molecular flexibility index (Phi) is 5.67. The Morgan fingerprint density at radius 1 is 1.16 bits per heavy atom. The summed E-state index contributed by atoms with van der Waals surface area (Å²) in [6, 6.07) is 11.8. The third kappa shape index (κ3) is 5.10. The molecule has 3 aliphatic rings. The van der Waals surface area contributed by atoms with Crippen molar-refractivity contribution in [3.8, 4) is 11.3 Å². The number of carbonyl (C=O) groups is 1. The van der Waals surface area contributed by atoms with Gasteiger partial charge in [0.05, 0.1) is 5.69 Å². The number of fused-ring (bicyclic) bond motifs is 1. The van der Waals surface area contributed by atoms with Crippen LogP contribution in [0.5, 0.6) is 0 Å². The van der Waals surface area contributed by atoms with Crippen molar-refractivity contribution < 1.29 is 12.3 Å². The van der Waals surface area contributed by atoms with Gasteiger partial charge in [0.2, 0.25) is 5.91 Å². The second-order valence-corrected chi connectivity index (χ2v) is 9.32. The number of amides is 1. The molecule has 3 atom stereocenters. The normalized spacial score (nSPS) is 27.5. The summed E-state index contributed by atoms with van der Waals surface area (Å²) in [6.45, 7) is 3.28. The summed E-state index contributed by atoms with van der Waals surface area (Å²) < 4.78 is 22.9. The number of hydrogen-bond acceptors (Lipinski definition) is 6. The molecule has 1 aromatic carbocycles. The summed E-state index contributed by atoms with van der Waals surface area (Å²) >= 11 is 0. The monoisotopic (exact) mass is 437 g/mol. The number of nitrogens with zero attached hydrogens (tertiary/aromatic N) is 3. The van der Waals surface area contributed by atoms with Crippen molar-refractivity contribution in [2.45, 2.75) is 38.6 Å². The Hall–Kier alpha value is -2.51. The van der Waals surface area contributed by atoms with E-state index >= 15 is 0 Å². The van der Waals surface area contributed by atoms with Crippen molar-refractivity contribution in [2.75, 3.05) is 43.4 Å². The fourth-order valence-corrected chi connectivity index (χ4v) is 5.34. The minimum Gasteiger partial charge on any atom is -0.381 e. The van der Waals surface area contributed by atoms with Crippen molar-refractivity contribution >= 4 is 17.4 Å². The maximum Gasteiger partial charge on any atom is 0.221 e. The van der Waals surface area contributed by atoms with E-state index in [-0.39, 0.29) is 11.8 Å². The molecule has 2 N–H and O–H groups in total. The first-order valence-electron chi connectivity index (χ1n) is 12.7. The molecule has 7 nitrogen and oxygen atoms in total. The number of hydrogen-bond donors (Lipinski definition) is 2. The molecule has 0 bridgehead atoms. The van der Waals surface area contributed by atoms with Gasteiger partial charge in [-0.15, -0.1) is 10.2 Å². The molecule has 5 rings (SSSR count). The van der Waals surface area contributed by atoms with Crippen LogP contribution in [0.4, 0.5) is 11.5 Å². The summed E-state index contributed by atoms with van der Waals surface area (Å²) in [5.41, 5.74) is 2.40. The highest BCUT2D eigenvalue weighted by Gasteiger charge is 2.41. The molecule has 1 aliphatic carbocycles. The van der Waals surface area contributed by atoms with Gasteiger partial charge in [-0.05, 0) is 67.7 Å². The zero-order valence-electron chi connectivity index (χ0n) is 20.6. The molecular weight excluding hydrogens is 402 g/mol. The molecule has 0 spiro atoms. The Labute approximate surface area is 192 Å². The average Bonchev–Trinajstić information content (AvgIpc) is 3.39. The molecule has 32 heavy (non-hydrogen) atoms. The first kappa shape index (κ1) is 19.0. The number of likely N-dealkylation sites (tertiary alicyclic amines) is 1. The number of nitrogens with one attached hydrogen (secondary N) is 2. The van der Waals surface area contributed by atoms with E-state index in [1.165, 1.54) is 6.92 Å². The summed E-state index contributed by atoms with van der Waals surface area (Å²) in [6.07, 6.45) is 3.70. The summed E-state index contributed by atoms with van der Waals surface area (Å²) in [4.78, 5) is 13.4. The second kappa shape index (κ2) is 9.55. The smallest absolute Gasteiger partial charge is 0.221 e. The van der Waals surface area contributed by atoms with Crippen LogP contribution in [0.25, 0.3) is 11.3 Å². The van der Waals surface area contributed by atoms with Crippen molar-refractivity contribution in [3.63, 3.8) is 0 Å². The van der Waals surface area contributed by atoms with Crippen LogP contribution in [-0.4, -0.2) is 59.8 Å². The largest absolute Gasteiger partial charge is 0.381 e. The summed E-state index contributed by atoms with van der Waals surface area (Å²) in [7, 11) is 0. The standard InChI is InChI=1S/C25H33N5O2/c1-17(31)26-22-4-2-3-19(11-22)24-5-6-25(29-28-24)27-23-12-20-15-30(16-21(20)13-23)14-18-7-9-32-10-8-18/h2-6,11,18,20-21,23H,7-10,12-16H2,1H3,(H,26,31)(H,27,29)/t20-,21+,23?/i14D2. The van der Waals surface area contributed by atoms with Crippen LogP contribution in [0, 0.1) is 17.8 Å². The van der Waals surface area contributed by atoms with Crippen LogP contribution in [0.1, 0.15) is 35.3 Å². The predicted octanol–water partition coefficient (Wildman–Crippen LogP) is 3.65. The third-order valence-corrected chi connectivity index (χ3v) is 6.83. The Morgan fingerprint density at radius 3 is 2.62 bits per heavy atom. The van der Waals surface area contributed by atoms with Crippen molar-refractivity contribution in [1.82, 2.24) is 15.1 Å². The molecule has 2 aliphatic heterocycles. The SMILES string of the molecule is [2H]C([2H])(C1CCOCC1)N1C[C@H]2CC(Nc3ccc(-c4cccc(NC(C)=O)c4)nn3)C[C@H]2C1. The predicted molar refractivity (Wildman–Crippen MR) is 125 cm³/mol. The first-order chi connectivity index (χ1) is 16.4. The number of carbonyl (C=O) groups excluding carboxylic acids is 1. The molecule has 1 unspecified atom stereocenters. The zero-order chi connectivity index (χ0) is 23.7. The van der Waals surface area contributed by atoms with Crippen molar-refractivity contribution in [1.29, 1.82) is 0 Å². The number of aromatic nitrogens is 2. The van der Waals surface area contributed by atoms with Crippen LogP contribution >= 0.6 is 0 Å². The lowest BCUT2D eigenvalue weighted by Gasteiger charge is -2.27. The Balaban J connectivity index is 1.16. The molecule has 1 amide bonds. The van der Waals surface area contributed by atoms with Gasteiger partial charge in [-0.1, -0.05) is 12.1 Å². The van der Waals surface area contributed by atoms with E-state index in [9.17, 15) is 4.79 Å². The molecule has 3 fully saturated rings. The number of ether oxygens (including phenoxy) is 1. The fourth-order valence-electron chi connectivity index (χ4n) is 5.34. The molecule has 2 saturated heterocycles. The highest BCUT2D eigenvalue weighted by atomic mass is 16.5. The van der Waals surface area contributed by atoms with Crippen LogP contribution in [0.2, 0.25) is 0 Å². The van der Waals surface area contributed by atoms with Gasteiger partial charge < -0.3 is 20.3 Å². The fraction of sp³-hybridized carbons (Fsp3) is 0.560. The first-order valence-corrected chi connectivity index (χ1v) is 11.7. The third-order valence-electron chi connectivity index (χ3n) is 6.83. The highest BCUT2D eigenvalue weighted by Crippen LogP contribution is 2.39. The maximum atomic E-state index is 11.3. The highest BCUT2D eigenvalue weighted by molar-refractivity contribution is 5.89. The summed E-state index contributed by atoms with van der Waals surface area (Å²) in [5.74, 6) is 1.78. The van der Waals surface area contributed by atoms with Crippen LogP contribution < -0.4 is 10.6 Å². The zero-order valence-corrected chi connectivity index (χ0v) is 18.6. The molecule has 0 radical (unpaired) electrons. The van der Waals surface area contributed by atoms with Crippen molar-refractivity contribution in [3.05, 3.63) is 36.4 Å². The quantitative estimate of drug-likeness (QED) is 0.718. The van der Waals surface area contributed by atoms with Crippen LogP contribution in [0.15, 0.2) is 36.4 Å². The van der Waals surface area contributed by atoms with E-state index in [0.29, 0.717) is 31.1 Å². The number of rotatable bonds is 6. The number of benzene rings is 1. The number of anilines is 2. The van der Waals surface area contributed by atoms with Gasteiger partial charge in [-0.2, -0.15) is 0 Å². The van der Waals surface area contributed by atoms with E-state index in [4.69, 9.17) is 7.48 Å². The van der Waals surface area contributed by atoms with Crippen LogP contribution in [0.3, 0.4) is 0 Å². The van der Waals surface area contributed by atoms with Gasteiger partial charge in [-0.3, -0.25) is 4.79 Å². The van der Waals surface area contributed by atoms with Gasteiger partial charge >= 0.3 is 0 Å². The van der Waals surface area contributed by atoms with E-state index in [1.54, 1.807) is 0 Å². The average molecular weight is 438 g/mol. The minimum atomic E-state index is -1.24. The van der Waals surface area contributed by atoms with Crippen molar-refractivity contribution in [2.24, 2.45) is 17.8 Å². The van der Waals surface area contributed by atoms with E-state index in [1.807, 2.05) is 36.4 Å². The van der Waals surface area contributed by atoms with Gasteiger partial charge in [0.1, 0.15) is 5.82 Å². The molecular formula is C25H33N5O2. The molecule has 170 valence electrons. The van der Waals surface area contributed by atoms with Gasteiger partial charge in [0, 0.05) is 59.8 Å². The molecule has 3 heterocycles. The second-order valence-electron chi connectivity index (χ2n) is 9.32. The topological polar surface area (TPSA) is 79.4 Å². The molecule has 1 aromatic heterocycles. The molecule has 1 saturated carbocycles. The Morgan fingerprint density at radius 2 is 1.94 bits per heavy atom.